The SMILES string of the molecule is Nc1c(N2CCCC2CCCO)nc[nH]c1=O. The Bertz CT molecular complexity index is 432. The minimum atomic E-state index is -0.289. The predicted molar refractivity (Wildman–Crippen MR) is 66.0 cm³/mol. The molecule has 0 radical (unpaired) electrons. The van der Waals surface area contributed by atoms with Crippen LogP contribution in [0.25, 0.3) is 0 Å². The molecule has 0 amide bonds. The highest BCUT2D eigenvalue weighted by Crippen LogP contribution is 2.28. The Kier molecular flexibility index (Phi) is 3.63. The number of H-pyrrole nitrogens is 1. The van der Waals surface area contributed by atoms with E-state index in [9.17, 15) is 4.79 Å². The van der Waals surface area contributed by atoms with E-state index in [0.29, 0.717) is 11.9 Å². The van der Waals surface area contributed by atoms with Crippen LogP contribution in [0.4, 0.5) is 11.5 Å². The number of hydrogen-bond donors (Lipinski definition) is 3. The predicted octanol–water partition coefficient (Wildman–Crippen LogP) is 0.0934. The number of nitrogen functional groups attached to an aromatic ring is 1. The molecule has 1 atom stereocenters. The number of rotatable bonds is 4. The molecular formula is C11H18N4O2. The second kappa shape index (κ2) is 5.18. The maximum atomic E-state index is 11.4. The lowest BCUT2D eigenvalue weighted by atomic mass is 10.1. The van der Waals surface area contributed by atoms with Gasteiger partial charge in [-0.3, -0.25) is 4.79 Å². The van der Waals surface area contributed by atoms with Crippen LogP contribution in [0.2, 0.25) is 0 Å². The number of nitrogens with zero attached hydrogens (tertiary/aromatic N) is 2. The Morgan fingerprint density at radius 1 is 1.65 bits per heavy atom. The van der Waals surface area contributed by atoms with Gasteiger partial charge in [0.2, 0.25) is 0 Å². The van der Waals surface area contributed by atoms with E-state index in [0.717, 1.165) is 32.2 Å². The van der Waals surface area contributed by atoms with Gasteiger partial charge in [-0.1, -0.05) is 0 Å². The van der Waals surface area contributed by atoms with Crippen molar-refractivity contribution in [1.82, 2.24) is 9.97 Å². The third-order valence-corrected chi connectivity index (χ3v) is 3.21. The van der Waals surface area contributed by atoms with Crippen LogP contribution in [0.3, 0.4) is 0 Å². The minimum Gasteiger partial charge on any atom is -0.396 e. The smallest absolute Gasteiger partial charge is 0.276 e. The number of nitrogens with one attached hydrogen (secondary N) is 1. The highest BCUT2D eigenvalue weighted by Gasteiger charge is 2.27. The van der Waals surface area contributed by atoms with Crippen LogP contribution < -0.4 is 16.2 Å². The molecule has 94 valence electrons. The molecular weight excluding hydrogens is 220 g/mol. The topological polar surface area (TPSA) is 95.2 Å². The Hall–Kier alpha value is -1.56. The molecule has 1 aromatic rings. The number of aliphatic hydroxyl groups excluding tert-OH is 1. The van der Waals surface area contributed by atoms with Crippen LogP contribution in [0.5, 0.6) is 0 Å². The van der Waals surface area contributed by atoms with E-state index in [1.54, 1.807) is 0 Å². The Morgan fingerprint density at radius 2 is 2.47 bits per heavy atom. The normalized spacial score (nSPS) is 19.8. The third kappa shape index (κ3) is 2.41. The Balaban J connectivity index is 2.20. The first-order valence-electron chi connectivity index (χ1n) is 5.94. The van der Waals surface area contributed by atoms with Gasteiger partial charge < -0.3 is 20.7 Å². The quantitative estimate of drug-likeness (QED) is 0.691. The third-order valence-electron chi connectivity index (χ3n) is 3.21. The zero-order chi connectivity index (χ0) is 12.3. The molecule has 2 rings (SSSR count). The first-order chi connectivity index (χ1) is 8.24. The van der Waals surface area contributed by atoms with Crippen molar-refractivity contribution in [2.24, 2.45) is 0 Å². The van der Waals surface area contributed by atoms with Crippen LogP contribution in [0, 0.1) is 0 Å². The van der Waals surface area contributed by atoms with E-state index in [4.69, 9.17) is 10.8 Å². The van der Waals surface area contributed by atoms with Gasteiger partial charge in [0, 0.05) is 19.2 Å². The molecule has 1 unspecified atom stereocenters. The second-order valence-electron chi connectivity index (χ2n) is 4.32. The summed E-state index contributed by atoms with van der Waals surface area (Å²) >= 11 is 0. The van der Waals surface area contributed by atoms with Gasteiger partial charge in [-0.25, -0.2) is 4.98 Å². The number of hydrogen-bond acceptors (Lipinski definition) is 5. The standard InChI is InChI=1S/C11H18N4O2/c12-9-10(13-7-14-11(9)17)15-5-1-3-8(15)4-2-6-16/h7-8,16H,1-6,12H2,(H,13,14,17). The van der Waals surface area contributed by atoms with E-state index in [-0.39, 0.29) is 17.9 Å². The number of anilines is 2. The molecule has 1 fully saturated rings. The highest BCUT2D eigenvalue weighted by molar-refractivity contribution is 5.61. The lowest BCUT2D eigenvalue weighted by molar-refractivity contribution is 0.279. The van der Waals surface area contributed by atoms with Crippen molar-refractivity contribution in [1.29, 1.82) is 0 Å². The van der Waals surface area contributed by atoms with Gasteiger partial charge in [0.1, 0.15) is 5.69 Å². The molecule has 1 saturated heterocycles. The average molecular weight is 238 g/mol. The summed E-state index contributed by atoms with van der Waals surface area (Å²) in [6, 6.07) is 0.332. The maximum Gasteiger partial charge on any atom is 0.276 e. The lowest BCUT2D eigenvalue weighted by Gasteiger charge is -2.26. The van der Waals surface area contributed by atoms with E-state index in [2.05, 4.69) is 14.9 Å². The molecule has 1 aromatic heterocycles. The van der Waals surface area contributed by atoms with Gasteiger partial charge in [-0.2, -0.15) is 0 Å². The average Bonchev–Trinajstić information content (AvgIpc) is 2.78. The fourth-order valence-electron chi connectivity index (χ4n) is 2.37. The summed E-state index contributed by atoms with van der Waals surface area (Å²) in [7, 11) is 0. The Morgan fingerprint density at radius 3 is 3.24 bits per heavy atom. The van der Waals surface area contributed by atoms with Crippen LogP contribution in [0.1, 0.15) is 25.7 Å². The molecule has 0 spiro atoms. The molecule has 4 N–H and O–H groups in total. The zero-order valence-electron chi connectivity index (χ0n) is 9.72. The van der Waals surface area contributed by atoms with Gasteiger partial charge in [0.05, 0.1) is 6.33 Å². The van der Waals surface area contributed by atoms with Gasteiger partial charge in [0.25, 0.3) is 5.56 Å². The summed E-state index contributed by atoms with van der Waals surface area (Å²) < 4.78 is 0. The van der Waals surface area contributed by atoms with Crippen molar-refractivity contribution in [3.63, 3.8) is 0 Å². The van der Waals surface area contributed by atoms with Gasteiger partial charge in [0.15, 0.2) is 5.82 Å². The summed E-state index contributed by atoms with van der Waals surface area (Å²) in [5.74, 6) is 0.578. The molecule has 1 aliphatic rings. The van der Waals surface area contributed by atoms with Crippen molar-refractivity contribution >= 4 is 11.5 Å². The van der Waals surface area contributed by atoms with E-state index < -0.39 is 0 Å². The molecule has 6 nitrogen and oxygen atoms in total. The number of nitrogens with two attached hydrogens (primary N) is 1. The first-order valence-corrected chi connectivity index (χ1v) is 5.94. The fourth-order valence-corrected chi connectivity index (χ4v) is 2.37. The van der Waals surface area contributed by atoms with E-state index >= 15 is 0 Å². The zero-order valence-corrected chi connectivity index (χ0v) is 9.72. The van der Waals surface area contributed by atoms with Crippen molar-refractivity contribution in [2.45, 2.75) is 31.7 Å². The first kappa shape index (κ1) is 11.9. The molecule has 0 aromatic carbocycles. The fraction of sp³-hybridized carbons (Fsp3) is 0.636. The monoisotopic (exact) mass is 238 g/mol. The molecule has 0 bridgehead atoms. The number of aromatic nitrogens is 2. The highest BCUT2D eigenvalue weighted by atomic mass is 16.2. The molecule has 17 heavy (non-hydrogen) atoms. The van der Waals surface area contributed by atoms with Gasteiger partial charge >= 0.3 is 0 Å². The van der Waals surface area contributed by atoms with Gasteiger partial charge in [-0.05, 0) is 25.7 Å². The summed E-state index contributed by atoms with van der Waals surface area (Å²) in [4.78, 5) is 20.1. The van der Waals surface area contributed by atoms with Crippen LogP contribution >= 0.6 is 0 Å². The van der Waals surface area contributed by atoms with E-state index in [1.165, 1.54) is 6.33 Å². The molecule has 2 heterocycles. The largest absolute Gasteiger partial charge is 0.396 e. The van der Waals surface area contributed by atoms with Crippen LogP contribution in [-0.4, -0.2) is 34.3 Å². The number of aliphatic hydroxyl groups is 1. The summed E-state index contributed by atoms with van der Waals surface area (Å²) in [6.07, 6.45) is 5.20. The van der Waals surface area contributed by atoms with E-state index in [1.807, 2.05) is 0 Å². The molecule has 0 aliphatic carbocycles. The summed E-state index contributed by atoms with van der Waals surface area (Å²) in [6.45, 7) is 1.07. The lowest BCUT2D eigenvalue weighted by Crippen LogP contribution is -2.32. The molecule has 1 aliphatic heterocycles. The van der Waals surface area contributed by atoms with Crippen molar-refractivity contribution in [3.05, 3.63) is 16.7 Å². The minimum absolute atomic E-state index is 0.184. The summed E-state index contributed by atoms with van der Waals surface area (Å²) in [5, 5.41) is 8.87. The van der Waals surface area contributed by atoms with Crippen LogP contribution in [-0.2, 0) is 0 Å². The molecule has 6 heteroatoms. The van der Waals surface area contributed by atoms with Gasteiger partial charge in [-0.15, -0.1) is 0 Å². The maximum absolute atomic E-state index is 11.4. The summed E-state index contributed by atoms with van der Waals surface area (Å²) in [5.41, 5.74) is 5.65. The molecule has 0 saturated carbocycles. The van der Waals surface area contributed by atoms with Crippen molar-refractivity contribution in [3.8, 4) is 0 Å². The number of aromatic amines is 1. The second-order valence-corrected chi connectivity index (χ2v) is 4.32. The van der Waals surface area contributed by atoms with Crippen molar-refractivity contribution < 1.29 is 5.11 Å². The van der Waals surface area contributed by atoms with Crippen LogP contribution in [0.15, 0.2) is 11.1 Å². The van der Waals surface area contributed by atoms with Crippen molar-refractivity contribution in [2.75, 3.05) is 23.8 Å². The Labute approximate surface area is 99.5 Å².